The highest BCUT2D eigenvalue weighted by Crippen LogP contribution is 2.23. The minimum absolute atomic E-state index is 0.00135. The molecule has 0 aliphatic heterocycles. The minimum atomic E-state index is 0.00135. The van der Waals surface area contributed by atoms with Crippen molar-refractivity contribution in [3.8, 4) is 0 Å². The van der Waals surface area contributed by atoms with E-state index in [1.165, 1.54) is 0 Å². The largest absolute Gasteiger partial charge is 0.299 e. The van der Waals surface area contributed by atoms with E-state index in [1.54, 1.807) is 0 Å². The zero-order chi connectivity index (χ0) is 11.4. The number of benzene rings is 1. The highest BCUT2D eigenvalue weighted by atomic mass is 16.7. The van der Waals surface area contributed by atoms with Crippen molar-refractivity contribution >= 4 is 11.5 Å². The first-order chi connectivity index (χ1) is 7.77. The van der Waals surface area contributed by atoms with E-state index < -0.39 is 0 Å². The molecule has 0 heterocycles. The Morgan fingerprint density at radius 1 is 1.31 bits per heavy atom. The number of para-hydroxylation sites is 1. The van der Waals surface area contributed by atoms with Crippen LogP contribution in [0.1, 0.15) is 26.2 Å². The molecular weight excluding hydrogens is 202 g/mol. The van der Waals surface area contributed by atoms with E-state index in [2.05, 4.69) is 5.48 Å². The first-order valence-corrected chi connectivity index (χ1v) is 5.77. The van der Waals surface area contributed by atoms with Crippen molar-refractivity contribution in [3.63, 3.8) is 0 Å². The lowest BCUT2D eigenvalue weighted by Crippen LogP contribution is -2.34. The third-order valence-electron chi connectivity index (χ3n) is 3.08. The van der Waals surface area contributed by atoms with Crippen LogP contribution in [0.4, 0.5) is 5.69 Å². The summed E-state index contributed by atoms with van der Waals surface area (Å²) < 4.78 is 0. The summed E-state index contributed by atoms with van der Waals surface area (Å²) in [6, 6.07) is 9.73. The summed E-state index contributed by atoms with van der Waals surface area (Å²) in [5.41, 5.74) is 3.84. The SMILES string of the molecule is CC1C(=O)CCCC1ONc1ccccc1. The van der Waals surface area contributed by atoms with E-state index in [4.69, 9.17) is 4.84 Å². The number of anilines is 1. The normalized spacial score (nSPS) is 25.4. The van der Waals surface area contributed by atoms with E-state index in [9.17, 15) is 4.79 Å². The zero-order valence-corrected chi connectivity index (χ0v) is 9.48. The highest BCUT2D eigenvalue weighted by molar-refractivity contribution is 5.81. The second-order valence-corrected chi connectivity index (χ2v) is 4.27. The Bertz CT molecular complexity index is 350. The fourth-order valence-corrected chi connectivity index (χ4v) is 1.97. The van der Waals surface area contributed by atoms with Gasteiger partial charge in [0, 0.05) is 12.3 Å². The van der Waals surface area contributed by atoms with Crippen LogP contribution in [0.5, 0.6) is 0 Å². The molecule has 1 aliphatic rings. The van der Waals surface area contributed by atoms with Crippen molar-refractivity contribution in [1.82, 2.24) is 0 Å². The molecule has 1 aromatic rings. The number of carbonyl (C=O) groups excluding carboxylic acids is 1. The molecule has 86 valence electrons. The predicted molar refractivity (Wildman–Crippen MR) is 63.0 cm³/mol. The van der Waals surface area contributed by atoms with E-state index in [0.29, 0.717) is 12.2 Å². The van der Waals surface area contributed by atoms with Crippen LogP contribution in [-0.2, 0) is 9.63 Å². The van der Waals surface area contributed by atoms with Crippen LogP contribution in [0.2, 0.25) is 0 Å². The van der Waals surface area contributed by atoms with Crippen molar-refractivity contribution in [2.75, 3.05) is 5.48 Å². The molecule has 16 heavy (non-hydrogen) atoms. The van der Waals surface area contributed by atoms with Crippen molar-refractivity contribution < 1.29 is 9.63 Å². The molecule has 2 unspecified atom stereocenters. The fourth-order valence-electron chi connectivity index (χ4n) is 1.97. The number of hydrogen-bond acceptors (Lipinski definition) is 3. The van der Waals surface area contributed by atoms with E-state index in [0.717, 1.165) is 18.5 Å². The molecule has 0 spiro atoms. The molecule has 0 saturated heterocycles. The molecule has 0 bridgehead atoms. The Labute approximate surface area is 95.8 Å². The van der Waals surface area contributed by atoms with Gasteiger partial charge < -0.3 is 0 Å². The first kappa shape index (κ1) is 11.1. The molecule has 1 N–H and O–H groups in total. The van der Waals surface area contributed by atoms with Crippen LogP contribution in [0, 0.1) is 5.92 Å². The van der Waals surface area contributed by atoms with Gasteiger partial charge in [0.15, 0.2) is 0 Å². The highest BCUT2D eigenvalue weighted by Gasteiger charge is 2.29. The van der Waals surface area contributed by atoms with Gasteiger partial charge in [0.05, 0.1) is 11.8 Å². The zero-order valence-electron chi connectivity index (χ0n) is 9.48. The molecule has 2 atom stereocenters. The summed E-state index contributed by atoms with van der Waals surface area (Å²) in [4.78, 5) is 17.1. The van der Waals surface area contributed by atoms with Gasteiger partial charge in [-0.15, -0.1) is 0 Å². The summed E-state index contributed by atoms with van der Waals surface area (Å²) in [5, 5.41) is 0. The summed E-state index contributed by atoms with van der Waals surface area (Å²) in [6.07, 6.45) is 2.59. The van der Waals surface area contributed by atoms with Gasteiger partial charge in [0.2, 0.25) is 0 Å². The van der Waals surface area contributed by atoms with E-state index in [1.807, 2.05) is 37.3 Å². The Morgan fingerprint density at radius 2 is 2.06 bits per heavy atom. The molecular formula is C13H17NO2. The molecule has 1 aromatic carbocycles. The third-order valence-corrected chi connectivity index (χ3v) is 3.08. The summed E-state index contributed by atoms with van der Waals surface area (Å²) in [7, 11) is 0. The lowest BCUT2D eigenvalue weighted by molar-refractivity contribution is -0.129. The van der Waals surface area contributed by atoms with Crippen LogP contribution in [0.25, 0.3) is 0 Å². The standard InChI is InChI=1S/C13H17NO2/c1-10-12(15)8-5-9-13(10)16-14-11-6-3-2-4-7-11/h2-4,6-7,10,13-14H,5,8-9H2,1H3. The van der Waals surface area contributed by atoms with Gasteiger partial charge in [-0.1, -0.05) is 25.1 Å². The molecule has 1 aliphatic carbocycles. The predicted octanol–water partition coefficient (Wildman–Crippen LogP) is 2.79. The number of rotatable bonds is 3. The molecule has 2 rings (SSSR count). The monoisotopic (exact) mass is 219 g/mol. The van der Waals surface area contributed by atoms with Crippen LogP contribution >= 0.6 is 0 Å². The molecule has 3 heteroatoms. The minimum Gasteiger partial charge on any atom is -0.299 e. The van der Waals surface area contributed by atoms with Crippen LogP contribution in [0.3, 0.4) is 0 Å². The number of nitrogens with one attached hydrogen (secondary N) is 1. The Morgan fingerprint density at radius 3 is 2.81 bits per heavy atom. The Hall–Kier alpha value is -1.35. The molecule has 1 fully saturated rings. The maximum Gasteiger partial charge on any atom is 0.138 e. The van der Waals surface area contributed by atoms with Gasteiger partial charge in [-0.05, 0) is 25.0 Å². The number of ketones is 1. The Kier molecular flexibility index (Phi) is 3.57. The first-order valence-electron chi connectivity index (χ1n) is 5.77. The molecule has 0 radical (unpaired) electrons. The maximum absolute atomic E-state index is 11.5. The van der Waals surface area contributed by atoms with Crippen LogP contribution < -0.4 is 5.48 Å². The fraction of sp³-hybridized carbons (Fsp3) is 0.462. The van der Waals surface area contributed by atoms with Gasteiger partial charge >= 0.3 is 0 Å². The molecule has 1 saturated carbocycles. The average molecular weight is 219 g/mol. The smallest absolute Gasteiger partial charge is 0.138 e. The second-order valence-electron chi connectivity index (χ2n) is 4.27. The van der Waals surface area contributed by atoms with Crippen molar-refractivity contribution in [3.05, 3.63) is 30.3 Å². The maximum atomic E-state index is 11.5. The molecule has 0 amide bonds. The van der Waals surface area contributed by atoms with Crippen molar-refractivity contribution in [1.29, 1.82) is 0 Å². The quantitative estimate of drug-likeness (QED) is 0.794. The van der Waals surface area contributed by atoms with Crippen LogP contribution in [-0.4, -0.2) is 11.9 Å². The van der Waals surface area contributed by atoms with Gasteiger partial charge in [0.1, 0.15) is 5.78 Å². The van der Waals surface area contributed by atoms with Gasteiger partial charge in [-0.2, -0.15) is 0 Å². The van der Waals surface area contributed by atoms with Crippen molar-refractivity contribution in [2.24, 2.45) is 5.92 Å². The topological polar surface area (TPSA) is 38.3 Å². The average Bonchev–Trinajstić information content (AvgIpc) is 2.32. The van der Waals surface area contributed by atoms with Crippen LogP contribution in [0.15, 0.2) is 30.3 Å². The van der Waals surface area contributed by atoms with Gasteiger partial charge in [-0.25, -0.2) is 0 Å². The summed E-state index contributed by atoms with van der Waals surface area (Å²) in [5.74, 6) is 0.316. The Balaban J connectivity index is 1.88. The summed E-state index contributed by atoms with van der Waals surface area (Å²) in [6.45, 7) is 1.94. The van der Waals surface area contributed by atoms with E-state index >= 15 is 0 Å². The lowest BCUT2D eigenvalue weighted by Gasteiger charge is -2.27. The number of hydrogen-bond donors (Lipinski definition) is 1. The molecule has 0 aromatic heterocycles. The second kappa shape index (κ2) is 5.12. The summed E-state index contributed by atoms with van der Waals surface area (Å²) >= 11 is 0. The van der Waals surface area contributed by atoms with E-state index in [-0.39, 0.29) is 12.0 Å². The number of Topliss-reactive ketones (excluding diaryl/α,β-unsaturated/α-hetero) is 1. The van der Waals surface area contributed by atoms with Crippen molar-refractivity contribution in [2.45, 2.75) is 32.3 Å². The number of carbonyl (C=O) groups is 1. The van der Waals surface area contributed by atoms with Gasteiger partial charge in [0.25, 0.3) is 0 Å². The lowest BCUT2D eigenvalue weighted by atomic mass is 9.87. The van der Waals surface area contributed by atoms with Gasteiger partial charge in [-0.3, -0.25) is 15.1 Å². The molecule has 3 nitrogen and oxygen atoms in total. The third kappa shape index (κ3) is 2.61.